The van der Waals surface area contributed by atoms with Gasteiger partial charge in [-0.15, -0.1) is 0 Å². The molecule has 0 aliphatic carbocycles. The molecule has 0 saturated heterocycles. The summed E-state index contributed by atoms with van der Waals surface area (Å²) in [5.74, 6) is 0.935. The van der Waals surface area contributed by atoms with Crippen LogP contribution in [0, 0.1) is 24.2 Å². The molecular weight excluding hydrogens is 342 g/mol. The lowest BCUT2D eigenvalue weighted by atomic mass is 10.0. The van der Waals surface area contributed by atoms with E-state index < -0.39 is 0 Å². The van der Waals surface area contributed by atoms with E-state index in [0.29, 0.717) is 5.56 Å². The van der Waals surface area contributed by atoms with E-state index in [1.54, 1.807) is 12.3 Å². The maximum Gasteiger partial charge on any atom is 0.0991 e. The first-order chi connectivity index (χ1) is 13.4. The van der Waals surface area contributed by atoms with Crippen molar-refractivity contribution in [2.45, 2.75) is 74.1 Å². The highest BCUT2D eigenvalue weighted by Crippen LogP contribution is 2.21. The third-order valence-corrected chi connectivity index (χ3v) is 4.73. The topological polar surface area (TPSA) is 48.5 Å². The van der Waals surface area contributed by atoms with Gasteiger partial charge in [-0.25, -0.2) is 0 Å². The number of rotatable bonds is 8. The normalized spacial score (nSPS) is 12.3. The Kier molecular flexibility index (Phi) is 13.3. The smallest absolute Gasteiger partial charge is 0.0991 e. The summed E-state index contributed by atoms with van der Waals surface area (Å²) in [5.41, 5.74) is 5.50. The van der Waals surface area contributed by atoms with Gasteiger partial charge in [0, 0.05) is 23.2 Å². The van der Waals surface area contributed by atoms with E-state index in [-0.39, 0.29) is 0 Å². The van der Waals surface area contributed by atoms with Gasteiger partial charge >= 0.3 is 0 Å². The highest BCUT2D eigenvalue weighted by atomic mass is 14.8. The molecule has 0 unspecified atom stereocenters. The summed E-state index contributed by atoms with van der Waals surface area (Å²) in [6.07, 6.45) is 8.19. The minimum absolute atomic E-state index is 0.653. The number of benzene rings is 1. The van der Waals surface area contributed by atoms with Gasteiger partial charge in [-0.2, -0.15) is 5.26 Å². The lowest BCUT2D eigenvalue weighted by molar-refractivity contribution is 0.544. The van der Waals surface area contributed by atoms with Crippen molar-refractivity contribution in [2.24, 2.45) is 15.9 Å². The van der Waals surface area contributed by atoms with Crippen molar-refractivity contribution in [3.05, 3.63) is 53.8 Å². The van der Waals surface area contributed by atoms with Crippen LogP contribution in [0.3, 0.4) is 0 Å². The number of aryl methyl sites for hydroxylation is 1. The third kappa shape index (κ3) is 8.95. The number of hydrogen-bond donors (Lipinski definition) is 0. The van der Waals surface area contributed by atoms with Crippen molar-refractivity contribution in [3.8, 4) is 6.07 Å². The lowest BCUT2D eigenvalue weighted by Crippen LogP contribution is -2.10. The molecule has 1 aromatic carbocycles. The Morgan fingerprint density at radius 1 is 1.25 bits per heavy atom. The maximum absolute atomic E-state index is 8.93. The summed E-state index contributed by atoms with van der Waals surface area (Å²) in [6, 6.07) is 7.67. The summed E-state index contributed by atoms with van der Waals surface area (Å²) in [5, 5.41) is 8.93. The first-order valence-electron chi connectivity index (χ1n) is 10.3. The molecule has 0 aliphatic heterocycles. The molecule has 152 valence electrons. The van der Waals surface area contributed by atoms with Crippen LogP contribution < -0.4 is 0 Å². The second-order valence-corrected chi connectivity index (χ2v) is 6.94. The summed E-state index contributed by atoms with van der Waals surface area (Å²) in [7, 11) is 0. The Balaban J connectivity index is 0.00000105. The predicted octanol–water partition coefficient (Wildman–Crippen LogP) is 7.73. The van der Waals surface area contributed by atoms with E-state index in [9.17, 15) is 0 Å². The first kappa shape index (κ1) is 25.5. The monoisotopic (exact) mass is 379 g/mol. The minimum atomic E-state index is 0.653. The fourth-order valence-corrected chi connectivity index (χ4v) is 2.58. The van der Waals surface area contributed by atoms with E-state index in [2.05, 4.69) is 45.3 Å². The standard InChI is InChI=1S/C19H23N3.C6H14/c1-6-9-19(21-8-3)17(7-2)15(5)22-18-11-10-16(13-20)12-14(18)4;1-4-6(3)5-2/h7-8,10-12H,3,6,9H2,1-2,4-5H3;6H,4-5H2,1-3H3/b17-7-,21-19?,22-15?;. The number of nitrogens with zero attached hydrogens (tertiary/aromatic N) is 3. The minimum Gasteiger partial charge on any atom is -0.261 e. The number of hydrogen-bond acceptors (Lipinski definition) is 3. The SMILES string of the molecule is C=CN=C(CCC)/C(=C\C)C(C)=Nc1ccc(C#N)cc1C.CCC(C)CC. The average Bonchev–Trinajstić information content (AvgIpc) is 2.70. The number of allylic oxidation sites excluding steroid dienone is 2. The molecule has 0 N–H and O–H groups in total. The second kappa shape index (κ2) is 14.6. The summed E-state index contributed by atoms with van der Waals surface area (Å²) in [4.78, 5) is 9.10. The Labute approximate surface area is 172 Å². The van der Waals surface area contributed by atoms with Gasteiger partial charge in [0.05, 0.1) is 17.3 Å². The van der Waals surface area contributed by atoms with Crippen LogP contribution in [-0.2, 0) is 0 Å². The molecule has 28 heavy (non-hydrogen) atoms. The zero-order chi connectivity index (χ0) is 21.5. The van der Waals surface area contributed by atoms with Crippen molar-refractivity contribution in [1.82, 2.24) is 0 Å². The fraction of sp³-hybridized carbons (Fsp3) is 0.480. The Morgan fingerprint density at radius 2 is 1.89 bits per heavy atom. The van der Waals surface area contributed by atoms with E-state index >= 15 is 0 Å². The summed E-state index contributed by atoms with van der Waals surface area (Å²) in [6.45, 7) is 18.5. The van der Waals surface area contributed by atoms with Gasteiger partial charge in [0.2, 0.25) is 0 Å². The summed E-state index contributed by atoms with van der Waals surface area (Å²) >= 11 is 0. The molecule has 0 fully saturated rings. The maximum atomic E-state index is 8.93. The largest absolute Gasteiger partial charge is 0.261 e. The average molecular weight is 380 g/mol. The molecule has 3 nitrogen and oxygen atoms in total. The molecule has 3 heteroatoms. The van der Waals surface area contributed by atoms with Gasteiger partial charge in [-0.05, 0) is 56.9 Å². The molecule has 1 rings (SSSR count). The van der Waals surface area contributed by atoms with Crippen LogP contribution in [0.4, 0.5) is 5.69 Å². The van der Waals surface area contributed by atoms with Crippen LogP contribution >= 0.6 is 0 Å². The van der Waals surface area contributed by atoms with Crippen molar-refractivity contribution >= 4 is 17.1 Å². The van der Waals surface area contributed by atoms with E-state index in [0.717, 1.165) is 47.0 Å². The van der Waals surface area contributed by atoms with Gasteiger partial charge in [-0.3, -0.25) is 9.98 Å². The predicted molar refractivity (Wildman–Crippen MR) is 125 cm³/mol. The van der Waals surface area contributed by atoms with Crippen LogP contribution in [0.25, 0.3) is 0 Å². The van der Waals surface area contributed by atoms with E-state index in [1.807, 2.05) is 39.0 Å². The molecule has 0 bridgehead atoms. The molecule has 0 aliphatic rings. The zero-order valence-electron chi connectivity index (χ0n) is 18.8. The third-order valence-electron chi connectivity index (χ3n) is 4.73. The van der Waals surface area contributed by atoms with Gasteiger partial charge in [0.1, 0.15) is 0 Å². The highest BCUT2D eigenvalue weighted by molar-refractivity contribution is 6.24. The Bertz CT molecular complexity index is 742. The first-order valence-corrected chi connectivity index (χ1v) is 10.3. The molecule has 0 amide bonds. The van der Waals surface area contributed by atoms with Crippen molar-refractivity contribution in [1.29, 1.82) is 5.26 Å². The molecule has 0 radical (unpaired) electrons. The molecule has 1 aromatic rings. The summed E-state index contributed by atoms with van der Waals surface area (Å²) < 4.78 is 0. The Morgan fingerprint density at radius 3 is 2.29 bits per heavy atom. The van der Waals surface area contributed by atoms with Crippen molar-refractivity contribution in [2.75, 3.05) is 0 Å². The fourth-order valence-electron chi connectivity index (χ4n) is 2.58. The zero-order valence-corrected chi connectivity index (χ0v) is 18.8. The quantitative estimate of drug-likeness (QED) is 0.426. The van der Waals surface area contributed by atoms with Crippen molar-refractivity contribution < 1.29 is 0 Å². The lowest BCUT2D eigenvalue weighted by Gasteiger charge is -2.10. The molecule has 0 aromatic heterocycles. The van der Waals surface area contributed by atoms with Crippen LogP contribution in [0.2, 0.25) is 0 Å². The van der Waals surface area contributed by atoms with Crippen LogP contribution in [0.5, 0.6) is 0 Å². The van der Waals surface area contributed by atoms with Gasteiger partial charge in [-0.1, -0.05) is 59.6 Å². The highest BCUT2D eigenvalue weighted by Gasteiger charge is 2.09. The molecular formula is C25H37N3. The van der Waals surface area contributed by atoms with Crippen LogP contribution in [-0.4, -0.2) is 11.4 Å². The van der Waals surface area contributed by atoms with Crippen LogP contribution in [0.1, 0.15) is 78.4 Å². The second-order valence-electron chi connectivity index (χ2n) is 6.94. The molecule has 0 saturated carbocycles. The van der Waals surface area contributed by atoms with Crippen molar-refractivity contribution in [3.63, 3.8) is 0 Å². The number of aliphatic imine (C=N–C) groups is 2. The van der Waals surface area contributed by atoms with Gasteiger partial charge < -0.3 is 0 Å². The van der Waals surface area contributed by atoms with Gasteiger partial charge in [0.15, 0.2) is 0 Å². The van der Waals surface area contributed by atoms with E-state index in [4.69, 9.17) is 10.3 Å². The van der Waals surface area contributed by atoms with E-state index in [1.165, 1.54) is 12.8 Å². The molecule has 0 spiro atoms. The Hall–Kier alpha value is -2.47. The van der Waals surface area contributed by atoms with Crippen LogP contribution in [0.15, 0.2) is 52.6 Å². The molecule has 0 atom stereocenters. The molecule has 0 heterocycles. The van der Waals surface area contributed by atoms with Gasteiger partial charge in [0.25, 0.3) is 0 Å². The number of nitriles is 1.